The largest absolute Gasteiger partial charge is 0.0579 e. The molecule has 2 aliphatic rings. The Hall–Kier alpha value is -5.20. The van der Waals surface area contributed by atoms with Crippen LogP contribution in [0.1, 0.15) is 155 Å². The Balaban J connectivity index is 1.26. The fourth-order valence-electron chi connectivity index (χ4n) is 11.2. The molecule has 314 valence electrons. The monoisotopic (exact) mass is 811 g/mol. The van der Waals surface area contributed by atoms with Gasteiger partial charge in [0.05, 0.1) is 0 Å². The van der Waals surface area contributed by atoms with Crippen LogP contribution in [0.5, 0.6) is 0 Å². The second-order valence-corrected chi connectivity index (χ2v) is 24.3. The van der Waals surface area contributed by atoms with Gasteiger partial charge in [0, 0.05) is 10.8 Å². The highest BCUT2D eigenvalue weighted by atomic mass is 14.4. The van der Waals surface area contributed by atoms with Crippen LogP contribution in [0.25, 0.3) is 76.8 Å². The molecule has 0 fully saturated rings. The summed E-state index contributed by atoms with van der Waals surface area (Å²) in [6, 6.07) is 44.0. The first-order chi connectivity index (χ1) is 28.8. The summed E-state index contributed by atoms with van der Waals surface area (Å²) in [6.45, 7) is 38.0. The quantitative estimate of drug-likeness (QED) is 0.153. The average Bonchev–Trinajstić information content (AvgIpc) is 3.56. The molecule has 0 unspecified atom stereocenters. The minimum atomic E-state index is -0.121. The summed E-state index contributed by atoms with van der Waals surface area (Å²) < 4.78 is 0. The van der Waals surface area contributed by atoms with E-state index >= 15 is 0 Å². The van der Waals surface area contributed by atoms with Crippen LogP contribution >= 0.6 is 0 Å². The summed E-state index contributed by atoms with van der Waals surface area (Å²) in [4.78, 5) is 0. The first kappa shape index (κ1) is 40.8. The average molecular weight is 811 g/mol. The molecule has 0 N–H and O–H groups in total. The van der Waals surface area contributed by atoms with E-state index in [0.717, 1.165) is 0 Å². The minimum absolute atomic E-state index is 0.00671. The van der Waals surface area contributed by atoms with Gasteiger partial charge in [0.25, 0.3) is 0 Å². The van der Waals surface area contributed by atoms with E-state index in [1.54, 1.807) is 0 Å². The van der Waals surface area contributed by atoms with Crippen LogP contribution in [-0.2, 0) is 32.5 Å². The normalized spacial score (nSPS) is 15.7. The molecule has 0 aliphatic heterocycles. The summed E-state index contributed by atoms with van der Waals surface area (Å²) in [5.74, 6) is 0. The predicted octanol–water partition coefficient (Wildman–Crippen LogP) is 17.7. The van der Waals surface area contributed by atoms with E-state index in [1.807, 2.05) is 0 Å². The van der Waals surface area contributed by atoms with E-state index < -0.39 is 0 Å². The third-order valence-corrected chi connectivity index (χ3v) is 15.3. The summed E-state index contributed by atoms with van der Waals surface area (Å²) in [5.41, 5.74) is 22.2. The summed E-state index contributed by atoms with van der Waals surface area (Å²) >= 11 is 0. The van der Waals surface area contributed by atoms with Crippen molar-refractivity contribution in [1.29, 1.82) is 0 Å². The molecule has 0 aromatic heterocycles. The first-order valence-corrected chi connectivity index (χ1v) is 23.2. The fraction of sp³-hybridized carbons (Fsp3) is 0.355. The van der Waals surface area contributed by atoms with Crippen molar-refractivity contribution < 1.29 is 0 Å². The number of benzene rings is 8. The third-order valence-electron chi connectivity index (χ3n) is 15.3. The lowest BCUT2D eigenvalue weighted by Gasteiger charge is -2.28. The molecule has 0 saturated carbocycles. The Labute approximate surface area is 372 Å². The molecule has 0 spiro atoms. The summed E-state index contributed by atoms with van der Waals surface area (Å²) in [7, 11) is 0. The van der Waals surface area contributed by atoms with E-state index in [0.29, 0.717) is 0 Å². The lowest BCUT2D eigenvalue weighted by Crippen LogP contribution is -2.19. The molecule has 8 aromatic rings. The van der Waals surface area contributed by atoms with E-state index in [2.05, 4.69) is 220 Å². The number of rotatable bonds is 2. The third kappa shape index (κ3) is 5.84. The fourth-order valence-corrected chi connectivity index (χ4v) is 11.2. The Morgan fingerprint density at radius 3 is 0.935 bits per heavy atom. The first-order valence-electron chi connectivity index (χ1n) is 23.2. The van der Waals surface area contributed by atoms with Crippen LogP contribution in [0.4, 0.5) is 0 Å². The van der Waals surface area contributed by atoms with Gasteiger partial charge in [0.1, 0.15) is 0 Å². The lowest BCUT2D eigenvalue weighted by molar-refractivity contribution is 0.579. The van der Waals surface area contributed by atoms with Crippen molar-refractivity contribution in [2.24, 2.45) is 0 Å². The van der Waals surface area contributed by atoms with E-state index in [4.69, 9.17) is 0 Å². The van der Waals surface area contributed by atoms with Crippen molar-refractivity contribution in [3.63, 3.8) is 0 Å². The van der Waals surface area contributed by atoms with Crippen molar-refractivity contribution in [2.45, 2.75) is 143 Å². The van der Waals surface area contributed by atoms with Crippen LogP contribution in [-0.4, -0.2) is 0 Å². The molecular weight excluding hydrogens is 745 g/mol. The van der Waals surface area contributed by atoms with Gasteiger partial charge in [-0.3, -0.25) is 0 Å². The van der Waals surface area contributed by atoms with Gasteiger partial charge in [-0.15, -0.1) is 0 Å². The molecule has 0 amide bonds. The zero-order chi connectivity index (χ0) is 44.4. The van der Waals surface area contributed by atoms with Crippen LogP contribution in [0, 0.1) is 0 Å². The topological polar surface area (TPSA) is 0 Å². The van der Waals surface area contributed by atoms with Gasteiger partial charge in [-0.25, -0.2) is 0 Å². The van der Waals surface area contributed by atoms with Gasteiger partial charge in [-0.2, -0.15) is 0 Å². The minimum Gasteiger partial charge on any atom is -0.0579 e. The van der Waals surface area contributed by atoms with Crippen molar-refractivity contribution >= 4 is 32.3 Å². The van der Waals surface area contributed by atoms with Crippen LogP contribution in [0.15, 0.2) is 109 Å². The molecule has 10 rings (SSSR count). The van der Waals surface area contributed by atoms with E-state index in [-0.39, 0.29) is 32.5 Å². The highest BCUT2D eigenvalue weighted by Gasteiger charge is 2.41. The van der Waals surface area contributed by atoms with Crippen LogP contribution < -0.4 is 0 Å². The molecule has 0 heteroatoms. The molecule has 8 aromatic carbocycles. The van der Waals surface area contributed by atoms with E-state index in [9.17, 15) is 0 Å². The van der Waals surface area contributed by atoms with Crippen molar-refractivity contribution in [3.05, 3.63) is 154 Å². The van der Waals surface area contributed by atoms with Crippen molar-refractivity contribution in [3.8, 4) is 44.5 Å². The number of hydrogen-bond acceptors (Lipinski definition) is 0. The van der Waals surface area contributed by atoms with Gasteiger partial charge in [-0.05, 0) is 155 Å². The number of hydrogen-bond donors (Lipinski definition) is 0. The molecule has 0 nitrogen and oxygen atoms in total. The van der Waals surface area contributed by atoms with Crippen molar-refractivity contribution in [2.75, 3.05) is 0 Å². The predicted molar refractivity (Wildman–Crippen MR) is 271 cm³/mol. The van der Waals surface area contributed by atoms with Gasteiger partial charge in [0.15, 0.2) is 0 Å². The number of fused-ring (bicyclic) bond motifs is 6. The van der Waals surface area contributed by atoms with Gasteiger partial charge in [0.2, 0.25) is 0 Å². The maximum atomic E-state index is 2.53. The molecule has 2 aliphatic carbocycles. The Morgan fingerprint density at radius 1 is 0.290 bits per heavy atom. The molecule has 62 heavy (non-hydrogen) atoms. The molecule has 0 atom stereocenters. The zero-order valence-electron chi connectivity index (χ0n) is 40.4. The van der Waals surface area contributed by atoms with Crippen molar-refractivity contribution in [1.82, 2.24) is 0 Å². The maximum absolute atomic E-state index is 2.53. The van der Waals surface area contributed by atoms with E-state index in [1.165, 1.54) is 121 Å². The molecular formula is C62H66. The highest BCUT2D eigenvalue weighted by molar-refractivity contribution is 6.28. The second-order valence-electron chi connectivity index (χ2n) is 24.3. The maximum Gasteiger partial charge on any atom is 0.0159 e. The lowest BCUT2D eigenvalue weighted by atomic mass is 9.76. The van der Waals surface area contributed by atoms with Gasteiger partial charge in [-0.1, -0.05) is 208 Å². The summed E-state index contributed by atoms with van der Waals surface area (Å²) in [5, 5.41) is 8.00. The zero-order valence-corrected chi connectivity index (χ0v) is 40.4. The standard InChI is InChI=1S/C62H66/c1-57(2,3)37-21-27-45-49(31-37)61(13,14)51-33-39(59(7,8)9)29-47(55(45)51)41-23-17-35-20-26-44-42(24-18-36-19-25-43(41)53(35)54(36)44)48-30-40(60(10,11)12)34-52-56(48)46-28-22-38(58(4,5)6)32-50(46)62(52,15)16/h17-34H,1-16H3. The molecule has 0 saturated heterocycles. The smallest absolute Gasteiger partial charge is 0.0159 e. The Morgan fingerprint density at radius 2 is 0.597 bits per heavy atom. The van der Waals surface area contributed by atoms with Gasteiger partial charge >= 0.3 is 0 Å². The van der Waals surface area contributed by atoms with Gasteiger partial charge < -0.3 is 0 Å². The Kier molecular flexibility index (Phi) is 8.38. The molecule has 0 heterocycles. The molecule has 0 bridgehead atoms. The highest BCUT2D eigenvalue weighted by Crippen LogP contribution is 2.57. The molecule has 0 radical (unpaired) electrons. The van der Waals surface area contributed by atoms with Crippen LogP contribution in [0.3, 0.4) is 0 Å². The summed E-state index contributed by atoms with van der Waals surface area (Å²) in [6.07, 6.45) is 0. The second kappa shape index (κ2) is 12.7. The van der Waals surface area contributed by atoms with Crippen LogP contribution in [0.2, 0.25) is 0 Å². The SMILES string of the molecule is CC(C)(C)c1ccc2c(c1)C(C)(C)c1cc(C(C)(C)C)cc(-c3ccc4ccc5c(-c6cc(C(C)(C)C)cc7c6-c6ccc(C(C)(C)C)cc6C7(C)C)ccc6ccc3c4c65)c1-2. The Bertz CT molecular complexity index is 2970.